The van der Waals surface area contributed by atoms with Crippen LogP contribution in [0.1, 0.15) is 19.4 Å². The maximum absolute atomic E-state index is 11.8. The number of hydrazone groups is 1. The average Bonchev–Trinajstić information content (AvgIpc) is 2.66. The summed E-state index contributed by atoms with van der Waals surface area (Å²) in [5.41, 5.74) is 3.31. The van der Waals surface area contributed by atoms with Crippen LogP contribution in [0.4, 0.5) is 0 Å². The quantitative estimate of drug-likeness (QED) is 0.395. The highest BCUT2D eigenvalue weighted by Gasteiger charge is 2.04. The van der Waals surface area contributed by atoms with E-state index in [-0.39, 0.29) is 24.5 Å². The summed E-state index contributed by atoms with van der Waals surface area (Å²) < 4.78 is 5.41. The van der Waals surface area contributed by atoms with E-state index in [2.05, 4.69) is 15.8 Å². The lowest BCUT2D eigenvalue weighted by Gasteiger charge is -2.09. The van der Waals surface area contributed by atoms with Gasteiger partial charge >= 0.3 is 0 Å². The number of benzene rings is 2. The van der Waals surface area contributed by atoms with Crippen molar-refractivity contribution in [3.63, 3.8) is 0 Å². The summed E-state index contributed by atoms with van der Waals surface area (Å²) in [5, 5.41) is 6.70. The van der Waals surface area contributed by atoms with Gasteiger partial charge in [-0.25, -0.2) is 5.43 Å². The highest BCUT2D eigenvalue weighted by molar-refractivity contribution is 8.00. The zero-order valence-corrected chi connectivity index (χ0v) is 16.2. The molecule has 0 saturated carbocycles. The van der Waals surface area contributed by atoms with Gasteiger partial charge in [0.25, 0.3) is 5.91 Å². The van der Waals surface area contributed by atoms with Gasteiger partial charge in [-0.1, -0.05) is 18.2 Å². The summed E-state index contributed by atoms with van der Waals surface area (Å²) in [4.78, 5) is 24.4. The molecular formula is C20H23N3O3S. The van der Waals surface area contributed by atoms with Crippen LogP contribution in [0.25, 0.3) is 0 Å². The molecule has 0 radical (unpaired) electrons. The van der Waals surface area contributed by atoms with Crippen molar-refractivity contribution in [3.8, 4) is 5.75 Å². The maximum atomic E-state index is 11.8. The summed E-state index contributed by atoms with van der Waals surface area (Å²) in [6, 6.07) is 16.9. The monoisotopic (exact) mass is 385 g/mol. The first-order valence-electron chi connectivity index (χ1n) is 8.55. The van der Waals surface area contributed by atoms with Crippen LogP contribution in [0, 0.1) is 0 Å². The number of thioether (sulfide) groups is 1. The fourth-order valence-corrected chi connectivity index (χ4v) is 2.75. The fraction of sp³-hybridized carbons (Fsp3) is 0.250. The molecule has 2 aromatic carbocycles. The van der Waals surface area contributed by atoms with Gasteiger partial charge in [-0.05, 0) is 55.8 Å². The van der Waals surface area contributed by atoms with Crippen LogP contribution in [-0.2, 0) is 9.59 Å². The Morgan fingerprint density at radius 2 is 1.78 bits per heavy atom. The Bertz CT molecular complexity index is 762. The van der Waals surface area contributed by atoms with Crippen molar-refractivity contribution in [1.29, 1.82) is 0 Å². The molecule has 142 valence electrons. The van der Waals surface area contributed by atoms with Crippen molar-refractivity contribution < 1.29 is 14.3 Å². The van der Waals surface area contributed by atoms with Gasteiger partial charge in [0.2, 0.25) is 5.91 Å². The number of nitrogens with one attached hydrogen (secondary N) is 2. The van der Waals surface area contributed by atoms with Crippen LogP contribution in [0.5, 0.6) is 5.75 Å². The Hall–Kier alpha value is -2.80. The lowest BCUT2D eigenvalue weighted by molar-refractivity contribution is -0.123. The molecular weight excluding hydrogens is 362 g/mol. The van der Waals surface area contributed by atoms with Crippen LogP contribution in [0.3, 0.4) is 0 Å². The van der Waals surface area contributed by atoms with Gasteiger partial charge in [0.15, 0.2) is 6.61 Å². The van der Waals surface area contributed by atoms with Gasteiger partial charge in [0.1, 0.15) is 5.75 Å². The second-order valence-electron chi connectivity index (χ2n) is 5.97. The van der Waals surface area contributed by atoms with Crippen LogP contribution >= 0.6 is 11.8 Å². The van der Waals surface area contributed by atoms with E-state index in [4.69, 9.17) is 4.74 Å². The molecule has 0 aliphatic heterocycles. The highest BCUT2D eigenvalue weighted by Crippen LogP contribution is 2.16. The molecule has 0 unspecified atom stereocenters. The average molecular weight is 385 g/mol. The maximum Gasteiger partial charge on any atom is 0.258 e. The van der Waals surface area contributed by atoms with Gasteiger partial charge in [0, 0.05) is 10.9 Å². The largest absolute Gasteiger partial charge is 0.484 e. The van der Waals surface area contributed by atoms with Crippen molar-refractivity contribution in [2.45, 2.75) is 24.8 Å². The van der Waals surface area contributed by atoms with Crippen LogP contribution < -0.4 is 15.5 Å². The Balaban J connectivity index is 1.72. The summed E-state index contributed by atoms with van der Waals surface area (Å²) in [6.07, 6.45) is 1.56. The Labute approximate surface area is 163 Å². The van der Waals surface area contributed by atoms with Crippen LogP contribution in [-0.4, -0.2) is 36.4 Å². The number of carbonyl (C=O) groups excluding carboxylic acids is 2. The van der Waals surface area contributed by atoms with E-state index >= 15 is 0 Å². The van der Waals surface area contributed by atoms with E-state index in [0.717, 1.165) is 10.5 Å². The Morgan fingerprint density at radius 1 is 1.07 bits per heavy atom. The minimum Gasteiger partial charge on any atom is -0.484 e. The van der Waals surface area contributed by atoms with Crippen molar-refractivity contribution in [1.82, 2.24) is 10.7 Å². The summed E-state index contributed by atoms with van der Waals surface area (Å²) in [6.45, 7) is 3.76. The van der Waals surface area contributed by atoms with E-state index in [0.29, 0.717) is 11.5 Å². The predicted octanol–water partition coefficient (Wildman–Crippen LogP) is 2.83. The van der Waals surface area contributed by atoms with Gasteiger partial charge in [-0.3, -0.25) is 9.59 Å². The van der Waals surface area contributed by atoms with Crippen LogP contribution in [0.2, 0.25) is 0 Å². The number of ether oxygens (including phenoxy) is 1. The van der Waals surface area contributed by atoms with Crippen molar-refractivity contribution in [2.24, 2.45) is 5.10 Å². The standard InChI is InChI=1S/C20H23N3O3S/c1-15(2)22-19(24)13-26-17-10-8-16(9-11-17)12-21-23-20(25)14-27-18-6-4-3-5-7-18/h3-12,15H,13-14H2,1-2H3,(H,22,24)(H,23,25)/b21-12-. The summed E-state index contributed by atoms with van der Waals surface area (Å²) in [5.74, 6) is 0.560. The Kier molecular flexibility index (Phi) is 8.38. The minimum atomic E-state index is -0.170. The Morgan fingerprint density at radius 3 is 2.44 bits per heavy atom. The first kappa shape index (κ1) is 20.5. The van der Waals surface area contributed by atoms with Gasteiger partial charge < -0.3 is 10.1 Å². The molecule has 0 atom stereocenters. The van der Waals surface area contributed by atoms with Gasteiger partial charge in [-0.15, -0.1) is 11.8 Å². The number of hydrogen-bond donors (Lipinski definition) is 2. The summed E-state index contributed by atoms with van der Waals surface area (Å²) in [7, 11) is 0. The SMILES string of the molecule is CC(C)NC(=O)COc1ccc(/C=N\NC(=O)CSc2ccccc2)cc1. The molecule has 0 saturated heterocycles. The van der Waals surface area contributed by atoms with Crippen molar-refractivity contribution >= 4 is 29.8 Å². The lowest BCUT2D eigenvalue weighted by Crippen LogP contribution is -2.34. The molecule has 0 bridgehead atoms. The number of hydrogen-bond acceptors (Lipinski definition) is 5. The summed E-state index contributed by atoms with van der Waals surface area (Å²) >= 11 is 1.45. The second kappa shape index (κ2) is 11.0. The zero-order valence-electron chi connectivity index (χ0n) is 15.3. The zero-order chi connectivity index (χ0) is 19.5. The molecule has 2 N–H and O–H groups in total. The molecule has 0 spiro atoms. The topological polar surface area (TPSA) is 79.8 Å². The molecule has 6 nitrogen and oxygen atoms in total. The minimum absolute atomic E-state index is 0.0270. The third kappa shape index (κ3) is 8.42. The van der Waals surface area contributed by atoms with Crippen molar-refractivity contribution in [3.05, 3.63) is 60.2 Å². The molecule has 7 heteroatoms. The molecule has 27 heavy (non-hydrogen) atoms. The lowest BCUT2D eigenvalue weighted by atomic mass is 10.2. The molecule has 0 heterocycles. The molecule has 0 aromatic heterocycles. The van der Waals surface area contributed by atoms with E-state index in [1.165, 1.54) is 11.8 Å². The molecule has 0 aliphatic carbocycles. The highest BCUT2D eigenvalue weighted by atomic mass is 32.2. The van der Waals surface area contributed by atoms with E-state index in [1.54, 1.807) is 30.5 Å². The molecule has 0 fully saturated rings. The molecule has 2 amide bonds. The van der Waals surface area contributed by atoms with E-state index in [1.807, 2.05) is 44.2 Å². The van der Waals surface area contributed by atoms with E-state index in [9.17, 15) is 9.59 Å². The second-order valence-corrected chi connectivity index (χ2v) is 7.02. The smallest absolute Gasteiger partial charge is 0.258 e. The molecule has 2 rings (SSSR count). The third-order valence-electron chi connectivity index (χ3n) is 3.22. The van der Waals surface area contributed by atoms with Crippen molar-refractivity contribution in [2.75, 3.05) is 12.4 Å². The van der Waals surface area contributed by atoms with Gasteiger partial charge in [-0.2, -0.15) is 5.10 Å². The number of nitrogens with zero attached hydrogens (tertiary/aromatic N) is 1. The first-order valence-corrected chi connectivity index (χ1v) is 9.53. The molecule has 2 aromatic rings. The van der Waals surface area contributed by atoms with Gasteiger partial charge in [0.05, 0.1) is 12.0 Å². The number of carbonyl (C=O) groups is 2. The predicted molar refractivity (Wildman–Crippen MR) is 108 cm³/mol. The number of rotatable bonds is 9. The van der Waals surface area contributed by atoms with Crippen LogP contribution in [0.15, 0.2) is 64.6 Å². The normalized spacial score (nSPS) is 10.8. The van der Waals surface area contributed by atoms with E-state index < -0.39 is 0 Å². The third-order valence-corrected chi connectivity index (χ3v) is 4.23. The molecule has 0 aliphatic rings. The first-order chi connectivity index (χ1) is 13.0. The number of amides is 2. The fourth-order valence-electron chi connectivity index (χ4n) is 2.04.